The number of nitrogens with zero attached hydrogens (tertiary/aromatic N) is 1. The summed E-state index contributed by atoms with van der Waals surface area (Å²) in [7, 11) is -3.77. The van der Waals surface area contributed by atoms with Gasteiger partial charge in [-0.25, -0.2) is 13.4 Å². The highest BCUT2D eigenvalue weighted by Crippen LogP contribution is 2.25. The van der Waals surface area contributed by atoms with E-state index >= 15 is 0 Å². The lowest BCUT2D eigenvalue weighted by atomic mass is 10.1. The van der Waals surface area contributed by atoms with Crippen molar-refractivity contribution < 1.29 is 8.42 Å². The smallest absolute Gasteiger partial charge is 0.265 e. The molecule has 21 heavy (non-hydrogen) atoms. The topological polar surface area (TPSA) is 85.1 Å². The van der Waals surface area contributed by atoms with E-state index in [-0.39, 0.29) is 16.4 Å². The molecule has 112 valence electrons. The normalized spacial score (nSPS) is 11.4. The Morgan fingerprint density at radius 2 is 1.76 bits per heavy atom. The number of hydrogen-bond donors (Lipinski definition) is 2. The number of nitrogens with one attached hydrogen (secondary N) is 1. The Hall–Kier alpha value is -1.60. The van der Waals surface area contributed by atoms with Crippen LogP contribution in [0.5, 0.6) is 0 Å². The maximum atomic E-state index is 12.4. The standard InChI is InChI=1S/C14H16BrN3O2S/c1-8-6-12(16)13(7-9(8)2)21(19,20)18-14-5-4-11(15)10(3)17-14/h4-7H,16H2,1-3H3,(H,17,18). The summed E-state index contributed by atoms with van der Waals surface area (Å²) < 4.78 is 28.1. The van der Waals surface area contributed by atoms with Crippen molar-refractivity contribution in [3.8, 4) is 0 Å². The monoisotopic (exact) mass is 369 g/mol. The molecule has 2 rings (SSSR count). The minimum absolute atomic E-state index is 0.0629. The van der Waals surface area contributed by atoms with Crippen molar-refractivity contribution in [3.05, 3.63) is 45.6 Å². The summed E-state index contributed by atoms with van der Waals surface area (Å²) in [4.78, 5) is 4.24. The van der Waals surface area contributed by atoms with Gasteiger partial charge in [-0.05, 0) is 72.1 Å². The van der Waals surface area contributed by atoms with Gasteiger partial charge < -0.3 is 5.73 Å². The Morgan fingerprint density at radius 3 is 2.38 bits per heavy atom. The van der Waals surface area contributed by atoms with Crippen molar-refractivity contribution in [2.45, 2.75) is 25.7 Å². The first kappa shape index (κ1) is 15.8. The molecular weight excluding hydrogens is 354 g/mol. The van der Waals surface area contributed by atoms with Crippen LogP contribution in [0.4, 0.5) is 11.5 Å². The van der Waals surface area contributed by atoms with Gasteiger partial charge in [0, 0.05) is 4.47 Å². The van der Waals surface area contributed by atoms with Crippen LogP contribution in [0.3, 0.4) is 0 Å². The van der Waals surface area contributed by atoms with Crippen molar-refractivity contribution in [1.82, 2.24) is 4.98 Å². The number of nitrogens with two attached hydrogens (primary N) is 1. The molecule has 0 saturated heterocycles. The van der Waals surface area contributed by atoms with Crippen molar-refractivity contribution in [1.29, 1.82) is 0 Å². The van der Waals surface area contributed by atoms with Gasteiger partial charge in [-0.1, -0.05) is 0 Å². The zero-order valence-corrected chi connectivity index (χ0v) is 14.3. The molecular formula is C14H16BrN3O2S. The molecule has 0 spiro atoms. The van der Waals surface area contributed by atoms with Crippen LogP contribution in [-0.2, 0) is 10.0 Å². The maximum absolute atomic E-state index is 12.4. The second-order valence-electron chi connectivity index (χ2n) is 4.84. The van der Waals surface area contributed by atoms with Crippen LogP contribution in [0.25, 0.3) is 0 Å². The molecule has 5 nitrogen and oxygen atoms in total. The van der Waals surface area contributed by atoms with Crippen LogP contribution < -0.4 is 10.5 Å². The minimum Gasteiger partial charge on any atom is -0.398 e. The van der Waals surface area contributed by atoms with Gasteiger partial charge in [-0.2, -0.15) is 0 Å². The summed E-state index contributed by atoms with van der Waals surface area (Å²) in [6, 6.07) is 6.55. The molecule has 1 aromatic carbocycles. The van der Waals surface area contributed by atoms with E-state index in [9.17, 15) is 8.42 Å². The lowest BCUT2D eigenvalue weighted by Crippen LogP contribution is -2.16. The van der Waals surface area contributed by atoms with E-state index in [0.717, 1.165) is 15.6 Å². The van der Waals surface area contributed by atoms with E-state index in [1.54, 1.807) is 31.2 Å². The van der Waals surface area contributed by atoms with E-state index < -0.39 is 10.0 Å². The third-order valence-corrected chi connectivity index (χ3v) is 5.42. The molecule has 0 aliphatic rings. The Bertz CT molecular complexity index is 804. The number of anilines is 2. The largest absolute Gasteiger partial charge is 0.398 e. The van der Waals surface area contributed by atoms with Gasteiger partial charge in [-0.3, -0.25) is 4.72 Å². The van der Waals surface area contributed by atoms with Crippen LogP contribution in [-0.4, -0.2) is 13.4 Å². The van der Waals surface area contributed by atoms with Gasteiger partial charge in [0.1, 0.15) is 10.7 Å². The van der Waals surface area contributed by atoms with Crippen LogP contribution in [0, 0.1) is 20.8 Å². The van der Waals surface area contributed by atoms with Gasteiger partial charge in [0.15, 0.2) is 0 Å². The molecule has 0 radical (unpaired) electrons. The number of halogens is 1. The number of benzene rings is 1. The number of nitrogen functional groups attached to an aromatic ring is 1. The molecule has 1 aromatic heterocycles. The molecule has 7 heteroatoms. The van der Waals surface area contributed by atoms with E-state index in [1.165, 1.54) is 0 Å². The van der Waals surface area contributed by atoms with Gasteiger partial charge in [0.05, 0.1) is 11.4 Å². The first-order valence-corrected chi connectivity index (χ1v) is 8.51. The van der Waals surface area contributed by atoms with Crippen molar-refractivity contribution in [3.63, 3.8) is 0 Å². The Labute approximate surface area is 132 Å². The molecule has 3 N–H and O–H groups in total. The number of sulfonamides is 1. The van der Waals surface area contributed by atoms with Gasteiger partial charge in [0.25, 0.3) is 10.0 Å². The molecule has 0 bridgehead atoms. The first-order chi connectivity index (χ1) is 9.70. The Balaban J connectivity index is 2.43. The van der Waals surface area contributed by atoms with Gasteiger partial charge in [-0.15, -0.1) is 0 Å². The van der Waals surface area contributed by atoms with E-state index in [4.69, 9.17) is 5.73 Å². The van der Waals surface area contributed by atoms with Crippen molar-refractivity contribution >= 4 is 37.5 Å². The Morgan fingerprint density at radius 1 is 1.14 bits per heavy atom. The maximum Gasteiger partial charge on any atom is 0.265 e. The first-order valence-electron chi connectivity index (χ1n) is 6.23. The molecule has 0 saturated carbocycles. The quantitative estimate of drug-likeness (QED) is 0.813. The summed E-state index contributed by atoms with van der Waals surface area (Å²) in [6.07, 6.45) is 0. The predicted molar refractivity (Wildman–Crippen MR) is 87.8 cm³/mol. The number of pyridine rings is 1. The third kappa shape index (κ3) is 3.36. The Kier molecular flexibility index (Phi) is 4.25. The summed E-state index contributed by atoms with van der Waals surface area (Å²) in [5.74, 6) is 0.258. The van der Waals surface area contributed by atoms with E-state index in [1.807, 2.05) is 13.8 Å². The second-order valence-corrected chi connectivity index (χ2v) is 7.35. The third-order valence-electron chi connectivity index (χ3n) is 3.18. The molecule has 0 unspecified atom stereocenters. The fourth-order valence-corrected chi connectivity index (χ4v) is 3.26. The number of hydrogen-bond acceptors (Lipinski definition) is 4. The van der Waals surface area contributed by atoms with Gasteiger partial charge >= 0.3 is 0 Å². The van der Waals surface area contributed by atoms with Crippen LogP contribution >= 0.6 is 15.9 Å². The predicted octanol–water partition coefficient (Wildman–Crippen LogP) is 3.15. The highest BCUT2D eigenvalue weighted by molar-refractivity contribution is 9.10. The fourth-order valence-electron chi connectivity index (χ4n) is 1.84. The summed E-state index contributed by atoms with van der Waals surface area (Å²) >= 11 is 3.32. The second kappa shape index (κ2) is 5.65. The van der Waals surface area contributed by atoms with Crippen LogP contribution in [0.15, 0.2) is 33.6 Å². The van der Waals surface area contributed by atoms with Gasteiger partial charge in [0.2, 0.25) is 0 Å². The summed E-state index contributed by atoms with van der Waals surface area (Å²) in [5, 5.41) is 0. The van der Waals surface area contributed by atoms with Crippen LogP contribution in [0.1, 0.15) is 16.8 Å². The average molecular weight is 370 g/mol. The summed E-state index contributed by atoms with van der Waals surface area (Å²) in [5.41, 5.74) is 8.57. The fraction of sp³-hybridized carbons (Fsp3) is 0.214. The lowest BCUT2D eigenvalue weighted by molar-refractivity contribution is 0.601. The summed E-state index contributed by atoms with van der Waals surface area (Å²) in [6.45, 7) is 5.51. The molecule has 0 aliphatic heterocycles. The molecule has 0 amide bonds. The highest BCUT2D eigenvalue weighted by atomic mass is 79.9. The zero-order chi connectivity index (χ0) is 15.8. The molecule has 1 heterocycles. The molecule has 0 atom stereocenters. The van der Waals surface area contributed by atoms with E-state index in [0.29, 0.717) is 5.69 Å². The average Bonchev–Trinajstić information content (AvgIpc) is 2.37. The van der Waals surface area contributed by atoms with Crippen molar-refractivity contribution in [2.75, 3.05) is 10.5 Å². The minimum atomic E-state index is -3.77. The molecule has 0 aliphatic carbocycles. The number of rotatable bonds is 3. The number of aryl methyl sites for hydroxylation is 3. The SMILES string of the molecule is Cc1cc(N)c(S(=O)(=O)Nc2ccc(Br)c(C)n2)cc1C. The molecule has 0 fully saturated rings. The van der Waals surface area contributed by atoms with E-state index in [2.05, 4.69) is 25.6 Å². The number of aromatic nitrogens is 1. The lowest BCUT2D eigenvalue weighted by Gasteiger charge is -2.12. The zero-order valence-electron chi connectivity index (χ0n) is 11.9. The molecule has 2 aromatic rings. The van der Waals surface area contributed by atoms with Crippen molar-refractivity contribution in [2.24, 2.45) is 0 Å². The highest BCUT2D eigenvalue weighted by Gasteiger charge is 2.19. The van der Waals surface area contributed by atoms with Crippen LogP contribution in [0.2, 0.25) is 0 Å².